The van der Waals surface area contributed by atoms with E-state index in [2.05, 4.69) is 137 Å². The van der Waals surface area contributed by atoms with Crippen LogP contribution in [-0.4, -0.2) is 96.7 Å². The van der Waals surface area contributed by atoms with Crippen molar-refractivity contribution in [3.05, 3.63) is 122 Å². The quantitative estimate of drug-likeness (QED) is 0.0169. The fraction of sp³-hybridized carbons (Fsp3) is 0.718. The molecule has 0 aliphatic carbocycles. The summed E-state index contributed by atoms with van der Waals surface area (Å²) in [4.78, 5) is 73.0. The molecule has 3 N–H and O–H groups in total. The number of hydrogen-bond acceptors (Lipinski definition) is 15. The molecule has 0 fully saturated rings. The molecule has 5 unspecified atom stereocenters. The Labute approximate surface area is 632 Å². The molecule has 0 rings (SSSR count). The van der Waals surface area contributed by atoms with Crippen LogP contribution < -0.4 is 0 Å². The summed E-state index contributed by atoms with van der Waals surface area (Å²) in [5, 5.41) is 10.6. The monoisotopic (exact) mass is 1500 g/mol. The normalized spacial score (nSPS) is 14.5. The van der Waals surface area contributed by atoms with Gasteiger partial charge in [-0.05, 0) is 109 Å². The third kappa shape index (κ3) is 75.7. The molecule has 0 saturated heterocycles. The number of esters is 4. The minimum absolute atomic E-state index is 0.00690. The number of aliphatic hydroxyl groups is 1. The Morgan fingerprint density at radius 1 is 0.279 bits per heavy atom. The highest BCUT2D eigenvalue weighted by Crippen LogP contribution is 2.45. The molecule has 0 spiro atoms. The van der Waals surface area contributed by atoms with Gasteiger partial charge in [0, 0.05) is 25.7 Å². The summed E-state index contributed by atoms with van der Waals surface area (Å²) < 4.78 is 68.6. The minimum Gasteiger partial charge on any atom is -0.462 e. The fourth-order valence-corrected chi connectivity index (χ4v) is 12.4. The van der Waals surface area contributed by atoms with E-state index in [4.69, 9.17) is 37.0 Å². The molecule has 0 aromatic heterocycles. The molecule has 0 aliphatic heterocycles. The number of carbonyl (C=O) groups is 4. The largest absolute Gasteiger partial charge is 0.472 e. The van der Waals surface area contributed by atoms with Crippen molar-refractivity contribution >= 4 is 39.5 Å². The van der Waals surface area contributed by atoms with E-state index >= 15 is 0 Å². The zero-order chi connectivity index (χ0) is 76.0. The number of rotatable bonds is 76. The van der Waals surface area contributed by atoms with E-state index in [1.165, 1.54) is 122 Å². The lowest BCUT2D eigenvalue weighted by molar-refractivity contribution is -0.161. The first-order valence-corrected chi connectivity index (χ1v) is 43.8. The number of aliphatic hydroxyl groups excluding tert-OH is 1. The Morgan fingerprint density at radius 3 is 0.808 bits per heavy atom. The smallest absolute Gasteiger partial charge is 0.462 e. The van der Waals surface area contributed by atoms with Crippen LogP contribution in [0.5, 0.6) is 0 Å². The van der Waals surface area contributed by atoms with Crippen molar-refractivity contribution in [2.75, 3.05) is 39.6 Å². The Morgan fingerprint density at radius 2 is 0.510 bits per heavy atom. The predicted molar refractivity (Wildman–Crippen MR) is 427 cm³/mol. The van der Waals surface area contributed by atoms with Crippen molar-refractivity contribution in [1.82, 2.24) is 0 Å². The molecule has 0 amide bonds. The molecule has 0 aromatic carbocycles. The first kappa shape index (κ1) is 99.5. The van der Waals surface area contributed by atoms with E-state index in [-0.39, 0.29) is 25.7 Å². The molecular weight excluding hydrogens is 1350 g/mol. The van der Waals surface area contributed by atoms with Gasteiger partial charge in [0.1, 0.15) is 19.3 Å². The van der Waals surface area contributed by atoms with Crippen LogP contribution in [0.2, 0.25) is 0 Å². The molecule has 0 bridgehead atoms. The topological polar surface area (TPSA) is 237 Å². The number of phosphoric acid groups is 2. The molecule has 0 aliphatic rings. The van der Waals surface area contributed by atoms with E-state index < -0.39 is 97.5 Å². The Kier molecular flexibility index (Phi) is 73.3. The third-order valence-electron chi connectivity index (χ3n) is 17.0. The Hall–Kier alpha value is -4.54. The zero-order valence-electron chi connectivity index (χ0n) is 65.4. The minimum atomic E-state index is -5.00. The number of carbonyl (C=O) groups excluding carboxylic acids is 4. The van der Waals surface area contributed by atoms with Crippen molar-refractivity contribution in [3.63, 3.8) is 0 Å². The highest BCUT2D eigenvalue weighted by Gasteiger charge is 2.30. The summed E-state index contributed by atoms with van der Waals surface area (Å²) in [5.41, 5.74) is 0. The first-order valence-electron chi connectivity index (χ1n) is 40.8. The van der Waals surface area contributed by atoms with Gasteiger partial charge in [0.15, 0.2) is 12.2 Å². The fourth-order valence-electron chi connectivity index (χ4n) is 10.8. The van der Waals surface area contributed by atoms with Crippen LogP contribution in [0, 0.1) is 0 Å². The van der Waals surface area contributed by atoms with Crippen molar-refractivity contribution in [2.24, 2.45) is 0 Å². The highest BCUT2D eigenvalue weighted by molar-refractivity contribution is 7.47. The molecular formula is C85H146O17P2. The molecule has 19 heteroatoms. The van der Waals surface area contributed by atoms with Gasteiger partial charge in [0.2, 0.25) is 0 Å². The molecule has 0 heterocycles. The van der Waals surface area contributed by atoms with Gasteiger partial charge >= 0.3 is 39.5 Å². The number of allylic oxidation sites excluding steroid dienone is 20. The third-order valence-corrected chi connectivity index (χ3v) is 18.9. The van der Waals surface area contributed by atoms with E-state index in [1.807, 2.05) is 12.2 Å². The molecule has 5 atom stereocenters. The van der Waals surface area contributed by atoms with E-state index in [1.54, 1.807) is 0 Å². The average molecular weight is 1500 g/mol. The van der Waals surface area contributed by atoms with Gasteiger partial charge in [-0.25, -0.2) is 9.13 Å². The van der Waals surface area contributed by atoms with Crippen LogP contribution >= 0.6 is 15.6 Å². The summed E-state index contributed by atoms with van der Waals surface area (Å²) in [6, 6.07) is 0. The second-order valence-corrected chi connectivity index (χ2v) is 29.9. The average Bonchev–Trinajstić information content (AvgIpc) is 0.911. The lowest BCUT2D eigenvalue weighted by Gasteiger charge is -2.21. The van der Waals surface area contributed by atoms with Crippen LogP contribution in [0.1, 0.15) is 336 Å². The van der Waals surface area contributed by atoms with Crippen LogP contribution in [-0.2, 0) is 65.4 Å². The van der Waals surface area contributed by atoms with Gasteiger partial charge in [-0.2, -0.15) is 0 Å². The van der Waals surface area contributed by atoms with Gasteiger partial charge in [-0.1, -0.05) is 323 Å². The van der Waals surface area contributed by atoms with Gasteiger partial charge in [-0.15, -0.1) is 0 Å². The maximum Gasteiger partial charge on any atom is 0.472 e. The summed E-state index contributed by atoms with van der Waals surface area (Å²) >= 11 is 0. The first-order chi connectivity index (χ1) is 50.7. The lowest BCUT2D eigenvalue weighted by Crippen LogP contribution is -2.30. The van der Waals surface area contributed by atoms with Crippen LogP contribution in [0.3, 0.4) is 0 Å². The van der Waals surface area contributed by atoms with E-state index in [9.17, 15) is 43.2 Å². The van der Waals surface area contributed by atoms with Crippen molar-refractivity contribution in [2.45, 2.75) is 354 Å². The van der Waals surface area contributed by atoms with E-state index in [0.717, 1.165) is 128 Å². The summed E-state index contributed by atoms with van der Waals surface area (Å²) in [6.07, 6.45) is 84.7. The number of ether oxygens (including phenoxy) is 4. The van der Waals surface area contributed by atoms with Crippen molar-refractivity contribution < 1.29 is 80.2 Å². The maximum absolute atomic E-state index is 13.1. The zero-order valence-corrected chi connectivity index (χ0v) is 67.2. The molecule has 0 aromatic rings. The molecule has 17 nitrogen and oxygen atoms in total. The van der Waals surface area contributed by atoms with Gasteiger partial charge in [0.25, 0.3) is 0 Å². The van der Waals surface area contributed by atoms with Crippen molar-refractivity contribution in [1.29, 1.82) is 0 Å². The number of unbranched alkanes of at least 4 members (excludes halogenated alkanes) is 30. The summed E-state index contributed by atoms with van der Waals surface area (Å²) in [5.74, 6) is -2.26. The number of phosphoric ester groups is 2. The standard InChI is InChI=1S/C85H146O17P2/c1-5-9-13-17-21-25-29-33-36-38-39-41-43-47-50-54-58-62-66-70-83(88)96-76-81(102-85(90)72-68-64-60-56-52-48-44-40-37-34-30-26-22-18-14-10-6-2)78-100-104(93,94)98-74-79(86)73-97-103(91,92)99-77-80(101-84(89)71-67-63-59-55-51-45-32-28-24-20-16-12-8-4)75-95-82(87)69-65-61-57-53-49-46-42-35-31-27-23-19-15-11-7-3/h9-10,13-14,21-22,25-26,33-34,36-37,39,41,44,47-48,50,56,60,79-81,86H,5-8,11-12,15-20,23-24,27-32,35,38,40,42-43,45-46,49,51-55,57-59,61-78H2,1-4H3,(H,91,92)(H,93,94)/b13-9-,14-10-,25-21-,26-22-,36-33-,37-34-,41-39-,48-44-,50-47-,60-56-. The van der Waals surface area contributed by atoms with Gasteiger partial charge in [-0.3, -0.25) is 37.3 Å². The summed E-state index contributed by atoms with van der Waals surface area (Å²) in [7, 11) is -9.98. The van der Waals surface area contributed by atoms with Gasteiger partial charge < -0.3 is 33.8 Å². The second kappa shape index (κ2) is 76.6. The highest BCUT2D eigenvalue weighted by atomic mass is 31.2. The number of hydrogen-bond donors (Lipinski definition) is 3. The maximum atomic E-state index is 13.1. The molecule has 104 heavy (non-hydrogen) atoms. The van der Waals surface area contributed by atoms with Crippen molar-refractivity contribution in [3.8, 4) is 0 Å². The van der Waals surface area contributed by atoms with Crippen LogP contribution in [0.4, 0.5) is 0 Å². The van der Waals surface area contributed by atoms with Crippen LogP contribution in [0.25, 0.3) is 0 Å². The van der Waals surface area contributed by atoms with E-state index in [0.29, 0.717) is 32.1 Å². The molecule has 598 valence electrons. The molecule has 0 radical (unpaired) electrons. The Balaban J connectivity index is 5.43. The second-order valence-electron chi connectivity index (χ2n) is 27.0. The van der Waals surface area contributed by atoms with Gasteiger partial charge in [0.05, 0.1) is 26.4 Å². The SMILES string of the molecule is CC/C=C\C/C=C\C/C=C\C/C=C\C/C=C\CCCCCC(=O)OCC(COP(=O)(O)OCC(O)COP(=O)(O)OCC(COC(=O)CCCCCCCCCCCCCCCCC)OC(=O)CCCCCCCCCCCCCCC)OC(=O)CCC/C=C\C/C=C\C/C=C\C/C=C\C/C=C\CC. The lowest BCUT2D eigenvalue weighted by atomic mass is 10.0. The Bertz CT molecular complexity index is 2440. The summed E-state index contributed by atoms with van der Waals surface area (Å²) in [6.45, 7) is 4.59. The predicted octanol–water partition coefficient (Wildman–Crippen LogP) is 23.9. The van der Waals surface area contributed by atoms with Crippen LogP contribution in [0.15, 0.2) is 122 Å². The molecule has 0 saturated carbocycles.